The maximum atomic E-state index is 12.5. The molecule has 1 aromatic rings. The number of hydrogen-bond donors (Lipinski definition) is 2. The van der Waals surface area contributed by atoms with Crippen molar-refractivity contribution in [2.45, 2.75) is 52.7 Å². The summed E-state index contributed by atoms with van der Waals surface area (Å²) in [5, 5.41) is 6.58. The molecule has 0 bridgehead atoms. The highest BCUT2D eigenvalue weighted by Gasteiger charge is 2.65. The van der Waals surface area contributed by atoms with Crippen molar-refractivity contribution in [3.8, 4) is 0 Å². The topological polar surface area (TPSA) is 41.1 Å². The lowest BCUT2D eigenvalue weighted by atomic mass is 9.95. The molecular weight excluding hydrogens is 248 g/mol. The number of carbonyl (C=O) groups is 1. The van der Waals surface area contributed by atoms with Crippen LogP contribution in [0.2, 0.25) is 0 Å². The van der Waals surface area contributed by atoms with E-state index in [-0.39, 0.29) is 28.8 Å². The lowest BCUT2D eigenvalue weighted by Gasteiger charge is -2.25. The van der Waals surface area contributed by atoms with E-state index in [9.17, 15) is 4.79 Å². The number of hydrogen-bond acceptors (Lipinski definition) is 2. The highest BCUT2D eigenvalue weighted by Crippen LogP contribution is 2.62. The van der Waals surface area contributed by atoms with Crippen LogP contribution < -0.4 is 10.6 Å². The van der Waals surface area contributed by atoms with Crippen LogP contribution in [0.25, 0.3) is 0 Å². The summed E-state index contributed by atoms with van der Waals surface area (Å²) in [5.41, 5.74) is 2.98. The van der Waals surface area contributed by atoms with Crippen LogP contribution in [0.5, 0.6) is 0 Å². The Labute approximate surface area is 121 Å². The van der Waals surface area contributed by atoms with E-state index >= 15 is 0 Å². The minimum absolute atomic E-state index is 0.0999. The molecule has 0 saturated heterocycles. The molecule has 108 valence electrons. The summed E-state index contributed by atoms with van der Waals surface area (Å²) >= 11 is 0. The van der Waals surface area contributed by atoms with E-state index in [1.807, 2.05) is 6.07 Å². The molecule has 3 nitrogen and oxygen atoms in total. The number of carbonyl (C=O) groups excluding carboxylic acids is 1. The predicted octanol–water partition coefficient (Wildman–Crippen LogP) is 2.25. The molecule has 1 aliphatic heterocycles. The van der Waals surface area contributed by atoms with Crippen LogP contribution in [-0.2, 0) is 17.8 Å². The predicted molar refractivity (Wildman–Crippen MR) is 80.3 cm³/mol. The average molecular weight is 272 g/mol. The van der Waals surface area contributed by atoms with Gasteiger partial charge in [-0.3, -0.25) is 4.79 Å². The first kappa shape index (κ1) is 13.6. The first-order valence-corrected chi connectivity index (χ1v) is 7.44. The molecule has 1 aliphatic carbocycles. The largest absolute Gasteiger partial charge is 0.351 e. The van der Waals surface area contributed by atoms with Gasteiger partial charge in [0.15, 0.2) is 0 Å². The van der Waals surface area contributed by atoms with E-state index in [2.05, 4.69) is 56.5 Å². The van der Waals surface area contributed by atoms with Gasteiger partial charge in [-0.1, -0.05) is 52.0 Å². The molecule has 2 N–H and O–H groups in total. The normalized spacial score (nSPS) is 26.7. The Kier molecular flexibility index (Phi) is 2.94. The lowest BCUT2D eigenvalue weighted by Crippen LogP contribution is -2.49. The van der Waals surface area contributed by atoms with E-state index in [0.717, 1.165) is 13.0 Å². The van der Waals surface area contributed by atoms with Gasteiger partial charge in [-0.2, -0.15) is 0 Å². The van der Waals surface area contributed by atoms with Gasteiger partial charge in [0, 0.05) is 12.6 Å². The van der Waals surface area contributed by atoms with Crippen LogP contribution in [0, 0.1) is 10.8 Å². The van der Waals surface area contributed by atoms with Gasteiger partial charge in [0.25, 0.3) is 0 Å². The Morgan fingerprint density at radius 1 is 1.15 bits per heavy atom. The molecule has 0 spiro atoms. The first-order chi connectivity index (χ1) is 9.34. The molecule has 3 heteroatoms. The zero-order chi connectivity index (χ0) is 14.5. The maximum absolute atomic E-state index is 12.5. The van der Waals surface area contributed by atoms with Crippen molar-refractivity contribution in [3.63, 3.8) is 0 Å². The molecule has 20 heavy (non-hydrogen) atoms. The Morgan fingerprint density at radius 3 is 2.35 bits per heavy atom. The van der Waals surface area contributed by atoms with E-state index in [1.54, 1.807) is 0 Å². The summed E-state index contributed by atoms with van der Waals surface area (Å²) < 4.78 is 0. The number of rotatable bonds is 2. The van der Waals surface area contributed by atoms with Crippen molar-refractivity contribution in [3.05, 3.63) is 35.4 Å². The van der Waals surface area contributed by atoms with E-state index < -0.39 is 0 Å². The molecular formula is C17H24N2O. The number of nitrogens with one attached hydrogen (secondary N) is 2. The molecule has 1 atom stereocenters. The zero-order valence-electron chi connectivity index (χ0n) is 12.8. The van der Waals surface area contributed by atoms with Gasteiger partial charge in [0.2, 0.25) is 5.91 Å². The third-order valence-corrected chi connectivity index (χ3v) is 5.71. The molecule has 1 amide bonds. The lowest BCUT2D eigenvalue weighted by molar-refractivity contribution is -0.123. The SMILES string of the molecule is CC1(C)C(NC(=O)C2Cc3ccccc3CN2)C1(C)C. The summed E-state index contributed by atoms with van der Waals surface area (Å²) in [6.07, 6.45) is 0.787. The molecule has 1 unspecified atom stereocenters. The van der Waals surface area contributed by atoms with Gasteiger partial charge in [0.05, 0.1) is 6.04 Å². The number of fused-ring (bicyclic) bond motifs is 1. The standard InChI is InChI=1S/C17H24N2O/c1-16(2)15(17(16,3)4)19-14(20)13-9-11-7-5-6-8-12(11)10-18-13/h5-8,13,15,18H,9-10H2,1-4H3,(H,19,20). The van der Waals surface area contributed by atoms with Gasteiger partial charge in [0.1, 0.15) is 0 Å². The van der Waals surface area contributed by atoms with Crippen LogP contribution >= 0.6 is 0 Å². The summed E-state index contributed by atoms with van der Waals surface area (Å²) in [6.45, 7) is 9.68. The second-order valence-electron chi connectivity index (χ2n) is 7.29. The van der Waals surface area contributed by atoms with Crippen LogP contribution in [0.3, 0.4) is 0 Å². The zero-order valence-corrected chi connectivity index (χ0v) is 12.8. The fourth-order valence-electron chi connectivity index (χ4n) is 3.44. The van der Waals surface area contributed by atoms with E-state index in [4.69, 9.17) is 0 Å². The fourth-order valence-corrected chi connectivity index (χ4v) is 3.44. The average Bonchev–Trinajstić information content (AvgIpc) is 2.80. The van der Waals surface area contributed by atoms with Gasteiger partial charge in [-0.25, -0.2) is 0 Å². The van der Waals surface area contributed by atoms with Crippen LogP contribution in [0.1, 0.15) is 38.8 Å². The van der Waals surface area contributed by atoms with Gasteiger partial charge < -0.3 is 10.6 Å². The molecule has 1 aromatic carbocycles. The summed E-state index contributed by atoms with van der Waals surface area (Å²) in [6, 6.07) is 8.53. The minimum atomic E-state index is -0.0999. The molecule has 3 rings (SSSR count). The Morgan fingerprint density at radius 2 is 1.75 bits per heavy atom. The summed E-state index contributed by atoms with van der Waals surface area (Å²) in [7, 11) is 0. The third kappa shape index (κ3) is 1.96. The van der Waals surface area contributed by atoms with Crippen molar-refractivity contribution >= 4 is 5.91 Å². The summed E-state index contributed by atoms with van der Waals surface area (Å²) in [4.78, 5) is 12.5. The van der Waals surface area contributed by atoms with Gasteiger partial charge in [-0.15, -0.1) is 0 Å². The van der Waals surface area contributed by atoms with Gasteiger partial charge >= 0.3 is 0 Å². The smallest absolute Gasteiger partial charge is 0.237 e. The monoisotopic (exact) mass is 272 g/mol. The van der Waals surface area contributed by atoms with Crippen LogP contribution in [0.15, 0.2) is 24.3 Å². The molecule has 2 aliphatic rings. The highest BCUT2D eigenvalue weighted by molar-refractivity contribution is 5.83. The van der Waals surface area contributed by atoms with E-state index in [1.165, 1.54) is 11.1 Å². The number of benzene rings is 1. The Bertz CT molecular complexity index is 534. The fraction of sp³-hybridized carbons (Fsp3) is 0.588. The van der Waals surface area contributed by atoms with Crippen molar-refractivity contribution in [1.82, 2.24) is 10.6 Å². The van der Waals surface area contributed by atoms with Gasteiger partial charge in [-0.05, 0) is 28.4 Å². The minimum Gasteiger partial charge on any atom is -0.351 e. The number of amides is 1. The molecule has 1 saturated carbocycles. The first-order valence-electron chi connectivity index (χ1n) is 7.44. The molecule has 1 fully saturated rings. The van der Waals surface area contributed by atoms with Crippen LogP contribution in [-0.4, -0.2) is 18.0 Å². The highest BCUT2D eigenvalue weighted by atomic mass is 16.2. The molecule has 1 heterocycles. The Balaban J connectivity index is 1.66. The molecule has 0 radical (unpaired) electrons. The summed E-state index contributed by atoms with van der Waals surface area (Å²) in [5.74, 6) is 0.142. The van der Waals surface area contributed by atoms with Crippen molar-refractivity contribution in [2.75, 3.05) is 0 Å². The van der Waals surface area contributed by atoms with Crippen molar-refractivity contribution in [1.29, 1.82) is 0 Å². The second-order valence-corrected chi connectivity index (χ2v) is 7.29. The second kappa shape index (κ2) is 4.32. The third-order valence-electron chi connectivity index (χ3n) is 5.71. The van der Waals surface area contributed by atoms with Crippen molar-refractivity contribution < 1.29 is 4.79 Å². The molecule has 0 aromatic heterocycles. The quantitative estimate of drug-likeness (QED) is 0.867. The maximum Gasteiger partial charge on any atom is 0.237 e. The Hall–Kier alpha value is -1.35. The van der Waals surface area contributed by atoms with E-state index in [0.29, 0.717) is 0 Å². The van der Waals surface area contributed by atoms with Crippen molar-refractivity contribution in [2.24, 2.45) is 10.8 Å². The van der Waals surface area contributed by atoms with Crippen LogP contribution in [0.4, 0.5) is 0 Å².